The summed E-state index contributed by atoms with van der Waals surface area (Å²) in [6, 6.07) is 4.19. The molecule has 0 aliphatic carbocycles. The van der Waals surface area contributed by atoms with Crippen molar-refractivity contribution in [1.29, 1.82) is 0 Å². The minimum absolute atomic E-state index is 0.0486. The van der Waals surface area contributed by atoms with Crippen molar-refractivity contribution in [2.75, 3.05) is 19.7 Å². The van der Waals surface area contributed by atoms with Gasteiger partial charge in [-0.3, -0.25) is 0 Å². The number of nitrogens with one attached hydrogen (secondary N) is 1. The van der Waals surface area contributed by atoms with Crippen LogP contribution in [0.5, 0.6) is 5.75 Å². The van der Waals surface area contributed by atoms with Crippen molar-refractivity contribution < 1.29 is 14.2 Å². The van der Waals surface area contributed by atoms with Crippen LogP contribution < -0.4 is 10.1 Å². The van der Waals surface area contributed by atoms with Crippen molar-refractivity contribution >= 4 is 11.6 Å². The number of ether oxygens (including phenoxy) is 1. The lowest BCUT2D eigenvalue weighted by Crippen LogP contribution is -2.32. The van der Waals surface area contributed by atoms with Crippen molar-refractivity contribution in [3.05, 3.63) is 47.8 Å². The van der Waals surface area contributed by atoms with Crippen LogP contribution in [0.1, 0.15) is 6.42 Å². The van der Waals surface area contributed by atoms with E-state index in [9.17, 15) is 9.50 Å². The molecule has 0 bridgehead atoms. The third kappa shape index (κ3) is 5.63. The third-order valence-electron chi connectivity index (χ3n) is 3.04. The lowest BCUT2D eigenvalue weighted by atomic mass is 10.3. The molecular weight excluding hydrogens is 309 g/mol. The summed E-state index contributed by atoms with van der Waals surface area (Å²) < 4.78 is 20.5. The molecule has 0 unspecified atom stereocenters. The van der Waals surface area contributed by atoms with E-state index in [2.05, 4.69) is 10.3 Å². The molecule has 0 spiro atoms. The van der Waals surface area contributed by atoms with E-state index < -0.39 is 11.9 Å². The van der Waals surface area contributed by atoms with Gasteiger partial charge in [0.05, 0.1) is 11.3 Å². The number of hydrogen-bond acceptors (Lipinski definition) is 4. The first kappa shape index (κ1) is 16.7. The first-order chi connectivity index (χ1) is 10.6. The minimum Gasteiger partial charge on any atom is -0.491 e. The average Bonchev–Trinajstić information content (AvgIpc) is 3.01. The summed E-state index contributed by atoms with van der Waals surface area (Å²) in [5.74, 6) is -0.188. The quantitative estimate of drug-likeness (QED) is 0.692. The van der Waals surface area contributed by atoms with Gasteiger partial charge in [0.25, 0.3) is 0 Å². The number of aromatic nitrogens is 2. The van der Waals surface area contributed by atoms with Crippen LogP contribution in [0.2, 0.25) is 5.02 Å². The van der Waals surface area contributed by atoms with Gasteiger partial charge in [0.15, 0.2) is 0 Å². The number of aryl methyl sites for hydroxylation is 1. The Bertz CT molecular complexity index is 566. The van der Waals surface area contributed by atoms with Gasteiger partial charge in [-0.15, -0.1) is 0 Å². The summed E-state index contributed by atoms with van der Waals surface area (Å²) in [4.78, 5) is 3.97. The lowest BCUT2D eigenvalue weighted by Gasteiger charge is -2.13. The Balaban J connectivity index is 1.57. The van der Waals surface area contributed by atoms with Crippen LogP contribution in [0.4, 0.5) is 4.39 Å². The van der Waals surface area contributed by atoms with Crippen LogP contribution in [0.15, 0.2) is 36.9 Å². The normalized spacial score (nSPS) is 12.3. The van der Waals surface area contributed by atoms with E-state index in [0.717, 1.165) is 19.5 Å². The van der Waals surface area contributed by atoms with Crippen LogP contribution in [0, 0.1) is 5.82 Å². The predicted octanol–water partition coefficient (Wildman–Crippen LogP) is 2.10. The number of benzene rings is 1. The maximum Gasteiger partial charge on any atom is 0.145 e. The molecule has 2 aromatic rings. The molecule has 2 rings (SSSR count). The summed E-state index contributed by atoms with van der Waals surface area (Å²) in [5.41, 5.74) is 0. The topological polar surface area (TPSA) is 59.3 Å². The van der Waals surface area contributed by atoms with Crippen LogP contribution in [0.3, 0.4) is 0 Å². The smallest absolute Gasteiger partial charge is 0.145 e. The minimum atomic E-state index is -0.660. The highest BCUT2D eigenvalue weighted by Crippen LogP contribution is 2.20. The molecule has 1 atom stereocenters. The van der Waals surface area contributed by atoms with Gasteiger partial charge in [-0.05, 0) is 25.1 Å². The predicted molar refractivity (Wildman–Crippen MR) is 82.6 cm³/mol. The van der Waals surface area contributed by atoms with Crippen molar-refractivity contribution in [3.8, 4) is 5.75 Å². The Kier molecular flexibility index (Phi) is 6.64. The number of nitrogens with zero attached hydrogens (tertiary/aromatic N) is 2. The molecular formula is C15H19ClFN3O2. The highest BCUT2D eigenvalue weighted by molar-refractivity contribution is 6.30. The van der Waals surface area contributed by atoms with Gasteiger partial charge < -0.3 is 19.7 Å². The Morgan fingerprint density at radius 2 is 2.32 bits per heavy atom. The fraction of sp³-hybridized carbons (Fsp3) is 0.400. The van der Waals surface area contributed by atoms with E-state index in [1.165, 1.54) is 12.1 Å². The summed E-state index contributed by atoms with van der Waals surface area (Å²) in [6.45, 7) is 2.17. The zero-order valence-electron chi connectivity index (χ0n) is 12.1. The van der Waals surface area contributed by atoms with Crippen molar-refractivity contribution in [3.63, 3.8) is 0 Å². The Hall–Kier alpha value is -1.63. The molecule has 1 aromatic carbocycles. The van der Waals surface area contributed by atoms with E-state index in [1.807, 2.05) is 10.8 Å². The second kappa shape index (κ2) is 8.73. The number of halogens is 2. The number of hydrogen-bond donors (Lipinski definition) is 2. The molecule has 0 fully saturated rings. The fourth-order valence-corrected chi connectivity index (χ4v) is 2.01. The average molecular weight is 328 g/mol. The van der Waals surface area contributed by atoms with Crippen molar-refractivity contribution in [1.82, 2.24) is 14.9 Å². The summed E-state index contributed by atoms with van der Waals surface area (Å²) in [6.07, 6.45) is 5.70. The van der Waals surface area contributed by atoms with Crippen LogP contribution >= 0.6 is 11.6 Å². The van der Waals surface area contributed by atoms with Gasteiger partial charge in [0.1, 0.15) is 24.3 Å². The monoisotopic (exact) mass is 327 g/mol. The summed E-state index contributed by atoms with van der Waals surface area (Å²) in [5, 5.41) is 13.0. The van der Waals surface area contributed by atoms with E-state index in [1.54, 1.807) is 18.6 Å². The molecule has 7 heteroatoms. The summed E-state index contributed by atoms with van der Waals surface area (Å²) >= 11 is 5.58. The van der Waals surface area contributed by atoms with Gasteiger partial charge in [0.2, 0.25) is 0 Å². The Labute approximate surface area is 133 Å². The van der Waals surface area contributed by atoms with Crippen LogP contribution in [-0.4, -0.2) is 40.5 Å². The molecule has 1 aromatic heterocycles. The Morgan fingerprint density at radius 3 is 3.05 bits per heavy atom. The van der Waals surface area contributed by atoms with Gasteiger partial charge in [-0.25, -0.2) is 9.37 Å². The summed E-state index contributed by atoms with van der Waals surface area (Å²) in [7, 11) is 0. The number of rotatable bonds is 9. The first-order valence-electron chi connectivity index (χ1n) is 7.07. The third-order valence-corrected chi connectivity index (χ3v) is 3.35. The molecule has 5 nitrogen and oxygen atoms in total. The highest BCUT2D eigenvalue weighted by Gasteiger charge is 2.06. The van der Waals surface area contributed by atoms with E-state index in [0.29, 0.717) is 12.3 Å². The SMILES string of the molecule is O[C@H](CNCCCn1ccnc1)COc1ccc(Cl)c(F)c1. The molecule has 0 radical (unpaired) electrons. The van der Waals surface area contributed by atoms with Crippen LogP contribution in [-0.2, 0) is 6.54 Å². The second-order valence-corrected chi connectivity index (χ2v) is 5.31. The molecule has 0 amide bonds. The Morgan fingerprint density at radius 1 is 1.45 bits per heavy atom. The molecule has 0 saturated heterocycles. The maximum atomic E-state index is 13.2. The standard InChI is InChI=1S/C15H19ClFN3O2/c16-14-3-2-13(8-15(14)17)22-10-12(21)9-18-4-1-6-20-7-5-19-11-20/h2-3,5,7-8,11-12,18,21H,1,4,6,9-10H2/t12-/m1/s1. The molecule has 0 aliphatic heterocycles. The van der Waals surface area contributed by atoms with E-state index in [-0.39, 0.29) is 11.6 Å². The fourth-order valence-electron chi connectivity index (χ4n) is 1.89. The molecule has 0 aliphatic rings. The van der Waals surface area contributed by atoms with Gasteiger partial charge >= 0.3 is 0 Å². The van der Waals surface area contributed by atoms with Gasteiger partial charge in [-0.1, -0.05) is 11.6 Å². The molecule has 0 saturated carbocycles. The number of imidazole rings is 1. The highest BCUT2D eigenvalue weighted by atomic mass is 35.5. The van der Waals surface area contributed by atoms with E-state index >= 15 is 0 Å². The van der Waals surface area contributed by atoms with Crippen molar-refractivity contribution in [2.24, 2.45) is 0 Å². The van der Waals surface area contributed by atoms with Crippen LogP contribution in [0.25, 0.3) is 0 Å². The largest absolute Gasteiger partial charge is 0.491 e. The second-order valence-electron chi connectivity index (χ2n) is 4.90. The zero-order chi connectivity index (χ0) is 15.8. The molecule has 1 heterocycles. The van der Waals surface area contributed by atoms with Crippen molar-refractivity contribution in [2.45, 2.75) is 19.1 Å². The number of aliphatic hydroxyl groups is 1. The maximum absolute atomic E-state index is 13.2. The lowest BCUT2D eigenvalue weighted by molar-refractivity contribution is 0.106. The zero-order valence-corrected chi connectivity index (χ0v) is 12.8. The van der Waals surface area contributed by atoms with Gasteiger partial charge in [-0.2, -0.15) is 0 Å². The molecule has 2 N–H and O–H groups in total. The molecule has 120 valence electrons. The van der Waals surface area contributed by atoms with Gasteiger partial charge in [0, 0.05) is 31.5 Å². The number of aliphatic hydroxyl groups excluding tert-OH is 1. The molecule has 22 heavy (non-hydrogen) atoms. The first-order valence-corrected chi connectivity index (χ1v) is 7.45. The van der Waals surface area contributed by atoms with E-state index in [4.69, 9.17) is 16.3 Å².